The first kappa shape index (κ1) is 11.7. The van der Waals surface area contributed by atoms with E-state index < -0.39 is 0 Å². The number of H-pyrrole nitrogens is 1. The Morgan fingerprint density at radius 3 is 2.69 bits per heavy atom. The maximum atomic E-state index is 5.51. The van der Waals surface area contributed by atoms with Crippen molar-refractivity contribution in [2.75, 3.05) is 7.11 Å². The van der Waals surface area contributed by atoms with Crippen LogP contribution >= 0.6 is 12.2 Å². The van der Waals surface area contributed by atoms with Gasteiger partial charge in [-0.3, -0.25) is 0 Å². The largest absolute Gasteiger partial charge is 0.373 e. The molecule has 3 nitrogen and oxygen atoms in total. The lowest BCUT2D eigenvalue weighted by Gasteiger charge is -2.16. The van der Waals surface area contributed by atoms with Crippen molar-refractivity contribution in [1.82, 2.24) is 9.97 Å². The number of methoxy groups -OCH3 is 1. The van der Waals surface area contributed by atoms with Gasteiger partial charge >= 0.3 is 0 Å². The van der Waals surface area contributed by atoms with E-state index in [-0.39, 0.29) is 6.10 Å². The minimum absolute atomic E-state index is 0.0837. The fraction of sp³-hybridized carbons (Fsp3) is 0.667. The summed E-state index contributed by atoms with van der Waals surface area (Å²) < 4.78 is 6.16. The first-order valence-corrected chi connectivity index (χ1v) is 6.16. The highest BCUT2D eigenvalue weighted by Gasteiger charge is 2.34. The number of nitrogens with zero attached hydrogens (tertiary/aromatic N) is 1. The fourth-order valence-electron chi connectivity index (χ4n) is 1.87. The van der Waals surface area contributed by atoms with Crippen LogP contribution in [0.1, 0.15) is 50.2 Å². The van der Waals surface area contributed by atoms with Gasteiger partial charge in [0.1, 0.15) is 16.6 Å². The first-order valence-electron chi connectivity index (χ1n) is 5.75. The van der Waals surface area contributed by atoms with Gasteiger partial charge in [0.15, 0.2) is 0 Å². The molecule has 0 spiro atoms. The molecule has 1 heterocycles. The van der Waals surface area contributed by atoms with E-state index in [1.807, 2.05) is 6.07 Å². The van der Waals surface area contributed by atoms with Crippen molar-refractivity contribution in [3.05, 3.63) is 22.2 Å². The van der Waals surface area contributed by atoms with Crippen LogP contribution in [-0.2, 0) is 4.74 Å². The number of hydrogen-bond donors (Lipinski definition) is 1. The van der Waals surface area contributed by atoms with Gasteiger partial charge in [0.25, 0.3) is 0 Å². The van der Waals surface area contributed by atoms with E-state index in [4.69, 9.17) is 17.0 Å². The number of ether oxygens (including phenoxy) is 1. The lowest BCUT2D eigenvalue weighted by Crippen LogP contribution is -2.11. The molecular formula is C12H18N2OS. The van der Waals surface area contributed by atoms with Gasteiger partial charge in [-0.05, 0) is 30.7 Å². The average Bonchev–Trinajstić information content (AvgIpc) is 3.02. The van der Waals surface area contributed by atoms with Gasteiger partial charge in [-0.15, -0.1) is 0 Å². The van der Waals surface area contributed by atoms with Crippen LogP contribution in [0, 0.1) is 10.6 Å². The van der Waals surface area contributed by atoms with Gasteiger partial charge in [-0.2, -0.15) is 0 Å². The highest BCUT2D eigenvalue weighted by atomic mass is 32.1. The van der Waals surface area contributed by atoms with Crippen molar-refractivity contribution in [2.24, 2.45) is 5.92 Å². The van der Waals surface area contributed by atoms with Crippen LogP contribution in [-0.4, -0.2) is 17.1 Å². The number of nitrogens with one attached hydrogen (secondary N) is 1. The molecule has 0 saturated heterocycles. The maximum absolute atomic E-state index is 5.51. The van der Waals surface area contributed by atoms with Gasteiger partial charge in [0.2, 0.25) is 0 Å². The van der Waals surface area contributed by atoms with Crippen molar-refractivity contribution in [3.8, 4) is 0 Å². The molecule has 1 aliphatic carbocycles. The number of aromatic amines is 1. The Balaban J connectivity index is 2.35. The Hall–Kier alpha value is -0.740. The third-order valence-electron chi connectivity index (χ3n) is 2.98. The van der Waals surface area contributed by atoms with Crippen molar-refractivity contribution >= 4 is 12.2 Å². The second-order valence-electron chi connectivity index (χ2n) is 4.71. The van der Waals surface area contributed by atoms with Crippen molar-refractivity contribution in [2.45, 2.75) is 38.7 Å². The molecule has 1 aromatic heterocycles. The Morgan fingerprint density at radius 1 is 1.50 bits per heavy atom. The monoisotopic (exact) mass is 238 g/mol. The molecule has 4 heteroatoms. The van der Waals surface area contributed by atoms with Crippen LogP contribution in [0.15, 0.2) is 6.07 Å². The molecule has 1 atom stereocenters. The van der Waals surface area contributed by atoms with Gasteiger partial charge in [-0.1, -0.05) is 26.1 Å². The summed E-state index contributed by atoms with van der Waals surface area (Å²) in [7, 11) is 1.74. The van der Waals surface area contributed by atoms with E-state index in [1.54, 1.807) is 7.11 Å². The number of hydrogen-bond acceptors (Lipinski definition) is 3. The molecule has 1 saturated carbocycles. The first-order chi connectivity index (χ1) is 7.61. The fourth-order valence-corrected chi connectivity index (χ4v) is 2.09. The quantitative estimate of drug-likeness (QED) is 0.817. The van der Waals surface area contributed by atoms with Gasteiger partial charge < -0.3 is 9.72 Å². The molecule has 2 rings (SSSR count). The predicted molar refractivity (Wildman–Crippen MR) is 66.0 cm³/mol. The van der Waals surface area contributed by atoms with E-state index >= 15 is 0 Å². The second kappa shape index (κ2) is 4.63. The van der Waals surface area contributed by atoms with Crippen molar-refractivity contribution in [1.29, 1.82) is 0 Å². The van der Waals surface area contributed by atoms with Gasteiger partial charge in [0.05, 0.1) is 0 Å². The zero-order valence-electron chi connectivity index (χ0n) is 9.99. The summed E-state index contributed by atoms with van der Waals surface area (Å²) in [6.07, 6.45) is 2.54. The molecule has 0 radical (unpaired) electrons. The van der Waals surface area contributed by atoms with Gasteiger partial charge in [-0.25, -0.2) is 4.98 Å². The summed E-state index contributed by atoms with van der Waals surface area (Å²) in [5, 5.41) is 0. The molecule has 1 N–H and O–H groups in total. The molecule has 88 valence electrons. The molecule has 1 aliphatic rings. The summed E-state index contributed by atoms with van der Waals surface area (Å²) >= 11 is 5.19. The van der Waals surface area contributed by atoms with E-state index in [0.717, 1.165) is 11.5 Å². The van der Waals surface area contributed by atoms with Crippen LogP contribution in [0.2, 0.25) is 0 Å². The summed E-state index contributed by atoms with van der Waals surface area (Å²) in [5.41, 5.74) is 1.14. The molecular weight excluding hydrogens is 220 g/mol. The Labute approximate surface area is 101 Å². The lowest BCUT2D eigenvalue weighted by molar-refractivity contribution is 0.0768. The van der Waals surface area contributed by atoms with Gasteiger partial charge in [0, 0.05) is 12.8 Å². The third-order valence-corrected chi connectivity index (χ3v) is 3.19. The van der Waals surface area contributed by atoms with E-state index in [1.165, 1.54) is 12.8 Å². The molecule has 16 heavy (non-hydrogen) atoms. The molecule has 0 aromatic carbocycles. The van der Waals surface area contributed by atoms with Crippen molar-refractivity contribution in [3.63, 3.8) is 0 Å². The molecule has 0 bridgehead atoms. The van der Waals surface area contributed by atoms with Crippen LogP contribution < -0.4 is 0 Å². The molecule has 1 fully saturated rings. The van der Waals surface area contributed by atoms with E-state index in [9.17, 15) is 0 Å². The van der Waals surface area contributed by atoms with E-state index in [2.05, 4.69) is 23.8 Å². The summed E-state index contributed by atoms with van der Waals surface area (Å²) in [5.74, 6) is 1.94. The predicted octanol–water partition coefficient (Wildman–Crippen LogP) is 3.36. The van der Waals surface area contributed by atoms with Crippen molar-refractivity contribution < 1.29 is 4.74 Å². The zero-order valence-corrected chi connectivity index (χ0v) is 10.8. The summed E-state index contributed by atoms with van der Waals surface area (Å²) in [4.78, 5) is 7.74. The Morgan fingerprint density at radius 2 is 2.19 bits per heavy atom. The third kappa shape index (κ3) is 2.50. The molecule has 1 unspecified atom stereocenters. The van der Waals surface area contributed by atoms with Crippen LogP contribution in [0.5, 0.6) is 0 Å². The summed E-state index contributed by atoms with van der Waals surface area (Å²) in [6, 6.07) is 1.93. The van der Waals surface area contributed by atoms with Crippen LogP contribution in [0.3, 0.4) is 0 Å². The zero-order chi connectivity index (χ0) is 11.7. The minimum atomic E-state index is 0.0837. The van der Waals surface area contributed by atoms with Crippen LogP contribution in [0.4, 0.5) is 0 Å². The second-order valence-corrected chi connectivity index (χ2v) is 5.13. The Kier molecular flexibility index (Phi) is 3.40. The number of aromatic nitrogens is 2. The standard InChI is InChI=1S/C12H18N2OS/c1-7(2)9-6-10(16)14-12(13-9)11(15-3)8-4-5-8/h6-8,11H,4-5H2,1-3H3,(H,13,14,16). The highest BCUT2D eigenvalue weighted by molar-refractivity contribution is 7.71. The van der Waals surface area contributed by atoms with Crippen LogP contribution in [0.25, 0.3) is 0 Å². The van der Waals surface area contributed by atoms with E-state index in [0.29, 0.717) is 16.5 Å². The molecule has 0 aliphatic heterocycles. The topological polar surface area (TPSA) is 37.9 Å². The normalized spacial score (nSPS) is 17.8. The highest BCUT2D eigenvalue weighted by Crippen LogP contribution is 2.41. The molecule has 0 amide bonds. The minimum Gasteiger partial charge on any atom is -0.373 e. The average molecular weight is 238 g/mol. The smallest absolute Gasteiger partial charge is 0.137 e. The Bertz CT molecular complexity index is 423. The number of rotatable bonds is 4. The maximum Gasteiger partial charge on any atom is 0.137 e. The summed E-state index contributed by atoms with van der Waals surface area (Å²) in [6.45, 7) is 4.28. The SMILES string of the molecule is COC(c1nc(=S)cc(C(C)C)[nH]1)C1CC1. The molecule has 1 aromatic rings. The lowest BCUT2D eigenvalue weighted by atomic mass is 10.1.